The molecule has 4 aliphatic rings. The number of hydrogen-bond acceptors (Lipinski definition) is 2. The highest BCUT2D eigenvalue weighted by molar-refractivity contribution is 5.87. The molecular formula is C20H30O2. The topological polar surface area (TPSA) is 37.3 Å². The number of ketones is 1. The lowest BCUT2D eigenvalue weighted by molar-refractivity contribution is -0.136. The van der Waals surface area contributed by atoms with Crippen LogP contribution in [0.5, 0.6) is 0 Å². The first-order valence-electron chi connectivity index (χ1n) is 9.25. The van der Waals surface area contributed by atoms with Crippen molar-refractivity contribution in [2.45, 2.75) is 71.3 Å². The molecule has 0 bridgehead atoms. The van der Waals surface area contributed by atoms with Gasteiger partial charge in [-0.25, -0.2) is 0 Å². The molecule has 7 atom stereocenters. The van der Waals surface area contributed by atoms with E-state index in [2.05, 4.69) is 20.4 Å². The Kier molecular flexibility index (Phi) is 3.18. The average Bonchev–Trinajstić information content (AvgIpc) is 2.77. The third-order valence-electron chi connectivity index (χ3n) is 8.30. The van der Waals surface area contributed by atoms with Crippen molar-refractivity contribution in [3.8, 4) is 0 Å². The quantitative estimate of drug-likeness (QED) is 0.683. The van der Waals surface area contributed by atoms with Crippen molar-refractivity contribution in [1.82, 2.24) is 0 Å². The third-order valence-corrected chi connectivity index (χ3v) is 8.30. The Balaban J connectivity index is 1.69. The van der Waals surface area contributed by atoms with Crippen LogP contribution in [-0.4, -0.2) is 17.0 Å². The molecule has 22 heavy (non-hydrogen) atoms. The molecule has 4 aliphatic carbocycles. The molecule has 0 aromatic carbocycles. The molecule has 0 amide bonds. The van der Waals surface area contributed by atoms with Crippen LogP contribution in [0.15, 0.2) is 12.2 Å². The van der Waals surface area contributed by atoms with Crippen molar-refractivity contribution in [3.05, 3.63) is 12.2 Å². The fraction of sp³-hybridized carbons (Fsp3) is 0.850. The molecule has 0 aliphatic heterocycles. The number of allylic oxidation sites excluding steroid dienone is 1. The molecule has 0 heterocycles. The smallest absolute Gasteiger partial charge is 0.139 e. The van der Waals surface area contributed by atoms with Crippen LogP contribution in [0.3, 0.4) is 0 Å². The highest BCUT2D eigenvalue weighted by Crippen LogP contribution is 2.66. The molecule has 0 aromatic rings. The molecule has 4 saturated carbocycles. The zero-order valence-corrected chi connectivity index (χ0v) is 14.1. The summed E-state index contributed by atoms with van der Waals surface area (Å²) >= 11 is 0. The summed E-state index contributed by atoms with van der Waals surface area (Å²) in [6, 6.07) is 0. The maximum absolute atomic E-state index is 12.4. The van der Waals surface area contributed by atoms with Crippen molar-refractivity contribution in [2.75, 3.05) is 0 Å². The van der Waals surface area contributed by atoms with E-state index in [4.69, 9.17) is 0 Å². The summed E-state index contributed by atoms with van der Waals surface area (Å²) in [5.74, 6) is 3.00. The summed E-state index contributed by atoms with van der Waals surface area (Å²) in [6.45, 7) is 9.13. The van der Waals surface area contributed by atoms with E-state index >= 15 is 0 Å². The summed E-state index contributed by atoms with van der Waals surface area (Å²) in [5, 5.41) is 10.1. The first kappa shape index (κ1) is 14.9. The van der Waals surface area contributed by atoms with Gasteiger partial charge in [-0.05, 0) is 74.0 Å². The summed E-state index contributed by atoms with van der Waals surface area (Å²) in [7, 11) is 0. The van der Waals surface area contributed by atoms with Crippen molar-refractivity contribution in [1.29, 1.82) is 0 Å². The molecule has 0 aromatic heterocycles. The van der Waals surface area contributed by atoms with Gasteiger partial charge in [0.05, 0.1) is 6.10 Å². The molecule has 2 nitrogen and oxygen atoms in total. The van der Waals surface area contributed by atoms with Gasteiger partial charge in [0.15, 0.2) is 0 Å². The van der Waals surface area contributed by atoms with E-state index in [1.807, 2.05) is 0 Å². The van der Waals surface area contributed by atoms with Gasteiger partial charge in [0.1, 0.15) is 5.78 Å². The van der Waals surface area contributed by atoms with Crippen LogP contribution in [-0.2, 0) is 4.79 Å². The van der Waals surface area contributed by atoms with Gasteiger partial charge < -0.3 is 5.11 Å². The van der Waals surface area contributed by atoms with Crippen LogP contribution >= 0.6 is 0 Å². The standard InChI is InChI=1S/C20H30O2/c1-12-10-14-15-4-5-18(22)20(15,3)9-7-16(14)19(2)8-6-13(21)11-17(12)19/h13-17,21H,1,4-11H2,2-3H3/t13-,14+,15+,16+,17+,19-,20+/m1/s1. The van der Waals surface area contributed by atoms with Gasteiger partial charge in [0.2, 0.25) is 0 Å². The maximum atomic E-state index is 12.4. The largest absolute Gasteiger partial charge is 0.393 e. The van der Waals surface area contributed by atoms with Gasteiger partial charge in [-0.15, -0.1) is 0 Å². The Bertz CT molecular complexity index is 524. The lowest BCUT2D eigenvalue weighted by Gasteiger charge is -2.60. The fourth-order valence-electron chi connectivity index (χ4n) is 6.99. The normalized spacial score (nSPS) is 54.6. The minimum Gasteiger partial charge on any atom is -0.393 e. The van der Waals surface area contributed by atoms with Gasteiger partial charge >= 0.3 is 0 Å². The SMILES string of the molecule is C=C1C[C@@H]2[C@H](CC[C@]3(C)C(=O)CC[C@@H]23)[C@@]2(C)CC[C@@H](O)C[C@@H]12. The number of fused-ring (bicyclic) bond motifs is 5. The maximum Gasteiger partial charge on any atom is 0.139 e. The van der Waals surface area contributed by atoms with Crippen molar-refractivity contribution >= 4 is 5.78 Å². The highest BCUT2D eigenvalue weighted by Gasteiger charge is 2.60. The van der Waals surface area contributed by atoms with E-state index < -0.39 is 0 Å². The number of carbonyl (C=O) groups is 1. The minimum absolute atomic E-state index is 0.0428. The Morgan fingerprint density at radius 1 is 1.14 bits per heavy atom. The Morgan fingerprint density at radius 2 is 1.91 bits per heavy atom. The lowest BCUT2D eigenvalue weighted by atomic mass is 9.44. The number of hydrogen-bond donors (Lipinski definition) is 1. The predicted molar refractivity (Wildman–Crippen MR) is 87.3 cm³/mol. The van der Waals surface area contributed by atoms with Crippen LogP contribution in [0, 0.1) is 34.5 Å². The van der Waals surface area contributed by atoms with Crippen LogP contribution in [0.2, 0.25) is 0 Å². The third kappa shape index (κ3) is 1.79. The average molecular weight is 302 g/mol. The Labute approximate surface area is 134 Å². The van der Waals surface area contributed by atoms with Gasteiger partial charge in [-0.3, -0.25) is 4.79 Å². The van der Waals surface area contributed by atoms with Gasteiger partial charge in [-0.1, -0.05) is 26.0 Å². The van der Waals surface area contributed by atoms with Gasteiger partial charge in [-0.2, -0.15) is 0 Å². The number of Topliss-reactive ketones (excluding diaryl/α,β-unsaturated/α-hetero) is 1. The van der Waals surface area contributed by atoms with Crippen LogP contribution in [0.4, 0.5) is 0 Å². The molecule has 0 radical (unpaired) electrons. The van der Waals surface area contributed by atoms with Crippen LogP contribution < -0.4 is 0 Å². The molecule has 2 heteroatoms. The fourth-order valence-corrected chi connectivity index (χ4v) is 6.99. The number of aliphatic hydroxyl groups excluding tert-OH is 1. The molecule has 0 saturated heterocycles. The predicted octanol–water partition coefficient (Wildman–Crippen LogP) is 4.13. The van der Waals surface area contributed by atoms with E-state index in [-0.39, 0.29) is 11.5 Å². The van der Waals surface area contributed by atoms with E-state index in [0.717, 1.165) is 50.9 Å². The van der Waals surface area contributed by atoms with E-state index in [0.29, 0.717) is 29.0 Å². The van der Waals surface area contributed by atoms with E-state index in [1.165, 1.54) is 12.0 Å². The second kappa shape index (κ2) is 4.69. The Hall–Kier alpha value is -0.630. The molecule has 4 rings (SSSR count). The van der Waals surface area contributed by atoms with E-state index in [9.17, 15) is 9.90 Å². The number of aliphatic hydroxyl groups is 1. The second-order valence-corrected chi connectivity index (χ2v) is 9.14. The zero-order valence-electron chi connectivity index (χ0n) is 14.1. The molecule has 122 valence electrons. The van der Waals surface area contributed by atoms with Crippen LogP contribution in [0.25, 0.3) is 0 Å². The van der Waals surface area contributed by atoms with Crippen LogP contribution in [0.1, 0.15) is 65.2 Å². The first-order valence-corrected chi connectivity index (χ1v) is 9.25. The second-order valence-electron chi connectivity index (χ2n) is 9.14. The number of carbonyl (C=O) groups excluding carboxylic acids is 1. The summed E-state index contributed by atoms with van der Waals surface area (Å²) in [6.07, 6.45) is 8.18. The highest BCUT2D eigenvalue weighted by atomic mass is 16.3. The number of rotatable bonds is 0. The molecule has 0 spiro atoms. The minimum atomic E-state index is -0.131. The molecular weight excluding hydrogens is 272 g/mol. The monoisotopic (exact) mass is 302 g/mol. The summed E-state index contributed by atoms with van der Waals surface area (Å²) < 4.78 is 0. The van der Waals surface area contributed by atoms with Crippen molar-refractivity contribution in [2.24, 2.45) is 34.5 Å². The van der Waals surface area contributed by atoms with Gasteiger partial charge in [0.25, 0.3) is 0 Å². The van der Waals surface area contributed by atoms with E-state index in [1.54, 1.807) is 0 Å². The van der Waals surface area contributed by atoms with Crippen molar-refractivity contribution in [3.63, 3.8) is 0 Å². The molecule has 4 fully saturated rings. The summed E-state index contributed by atoms with van der Waals surface area (Å²) in [4.78, 5) is 12.4. The lowest BCUT2D eigenvalue weighted by Crippen LogP contribution is -2.54. The molecule has 0 unspecified atom stereocenters. The Morgan fingerprint density at radius 3 is 2.68 bits per heavy atom. The summed E-state index contributed by atoms with van der Waals surface area (Å²) in [5.41, 5.74) is 1.64. The van der Waals surface area contributed by atoms with Gasteiger partial charge in [0, 0.05) is 11.8 Å². The van der Waals surface area contributed by atoms with Crippen molar-refractivity contribution < 1.29 is 9.90 Å². The first-order chi connectivity index (χ1) is 10.4. The zero-order chi connectivity index (χ0) is 15.7. The molecule has 1 N–H and O–H groups in total.